The van der Waals surface area contributed by atoms with Gasteiger partial charge in [0.05, 0.1) is 10.6 Å². The molecular formula is C33H32BrCl2N3O4S. The Morgan fingerprint density at radius 1 is 0.841 bits per heavy atom. The zero-order valence-electron chi connectivity index (χ0n) is 24.0. The van der Waals surface area contributed by atoms with Crippen molar-refractivity contribution in [2.45, 2.75) is 37.2 Å². The fourth-order valence-electron chi connectivity index (χ4n) is 4.60. The van der Waals surface area contributed by atoms with Crippen LogP contribution in [-0.2, 0) is 32.6 Å². The van der Waals surface area contributed by atoms with Crippen molar-refractivity contribution in [1.82, 2.24) is 10.2 Å². The molecule has 0 aromatic heterocycles. The number of halogens is 3. The van der Waals surface area contributed by atoms with Crippen LogP contribution in [0.2, 0.25) is 10.0 Å². The van der Waals surface area contributed by atoms with Crippen molar-refractivity contribution in [3.05, 3.63) is 129 Å². The molecule has 230 valence electrons. The Labute approximate surface area is 277 Å². The largest absolute Gasteiger partial charge is 0.354 e. The van der Waals surface area contributed by atoms with E-state index in [0.29, 0.717) is 23.0 Å². The number of nitrogens with one attached hydrogen (secondary N) is 1. The van der Waals surface area contributed by atoms with Gasteiger partial charge in [-0.3, -0.25) is 13.9 Å². The lowest BCUT2D eigenvalue weighted by molar-refractivity contribution is -0.140. The average Bonchev–Trinajstić information content (AvgIpc) is 3.01. The minimum Gasteiger partial charge on any atom is -0.354 e. The third kappa shape index (κ3) is 8.85. The van der Waals surface area contributed by atoms with Crippen molar-refractivity contribution < 1.29 is 18.0 Å². The number of sulfonamides is 1. The molecule has 2 amide bonds. The Hall–Kier alpha value is -3.37. The van der Waals surface area contributed by atoms with Crippen molar-refractivity contribution in [2.75, 3.05) is 17.4 Å². The van der Waals surface area contributed by atoms with Crippen molar-refractivity contribution >= 4 is 66.7 Å². The Balaban J connectivity index is 1.79. The summed E-state index contributed by atoms with van der Waals surface area (Å²) in [5.41, 5.74) is 1.84. The van der Waals surface area contributed by atoms with E-state index in [2.05, 4.69) is 21.2 Å². The fourth-order valence-corrected chi connectivity index (χ4v) is 6.58. The van der Waals surface area contributed by atoms with E-state index in [-0.39, 0.29) is 29.5 Å². The smallest absolute Gasteiger partial charge is 0.264 e. The van der Waals surface area contributed by atoms with Crippen molar-refractivity contribution in [3.63, 3.8) is 0 Å². The molecule has 0 saturated heterocycles. The number of anilines is 1. The predicted octanol–water partition coefficient (Wildman–Crippen LogP) is 7.12. The van der Waals surface area contributed by atoms with Crippen LogP contribution < -0.4 is 9.62 Å². The highest BCUT2D eigenvalue weighted by atomic mass is 79.9. The van der Waals surface area contributed by atoms with E-state index in [0.717, 1.165) is 19.9 Å². The number of carbonyl (C=O) groups excluding carboxylic acids is 2. The van der Waals surface area contributed by atoms with E-state index in [1.165, 1.54) is 35.2 Å². The summed E-state index contributed by atoms with van der Waals surface area (Å²) in [6.45, 7) is 1.88. The van der Waals surface area contributed by atoms with Gasteiger partial charge in [-0.15, -0.1) is 0 Å². The number of carbonyl (C=O) groups is 2. The van der Waals surface area contributed by atoms with Gasteiger partial charge < -0.3 is 10.2 Å². The minimum absolute atomic E-state index is 0.0457. The van der Waals surface area contributed by atoms with Gasteiger partial charge in [-0.05, 0) is 72.1 Å². The normalized spacial score (nSPS) is 11.9. The zero-order chi connectivity index (χ0) is 31.7. The highest BCUT2D eigenvalue weighted by molar-refractivity contribution is 9.10. The maximum atomic E-state index is 14.4. The number of amides is 2. The van der Waals surface area contributed by atoms with Crippen LogP contribution in [-0.4, -0.2) is 44.3 Å². The molecule has 0 bridgehead atoms. The molecule has 0 aliphatic heterocycles. The molecule has 1 N–H and O–H groups in total. The number of hydrogen-bond donors (Lipinski definition) is 1. The third-order valence-electron chi connectivity index (χ3n) is 6.86. The highest BCUT2D eigenvalue weighted by Gasteiger charge is 2.34. The standard InChI is InChI=1S/C33H32BrCl2N3O4S/c1-2-19-37-33(41)31(20-24-7-4-3-5-8-24)38(22-25-11-13-26(34)14-12-25)32(40)23-39(29-10-6-9-28(36)21-29)44(42,43)30-17-15-27(35)16-18-30/h3-18,21,31H,2,19-20,22-23H2,1H3,(H,37,41)/t31-/m0/s1. The summed E-state index contributed by atoms with van der Waals surface area (Å²) >= 11 is 15.7. The van der Waals surface area contributed by atoms with Crippen LogP contribution in [0, 0.1) is 0 Å². The topological polar surface area (TPSA) is 86.8 Å². The zero-order valence-corrected chi connectivity index (χ0v) is 27.9. The summed E-state index contributed by atoms with van der Waals surface area (Å²) in [6, 6.07) is 27.9. The first kappa shape index (κ1) is 33.5. The van der Waals surface area contributed by atoms with Gasteiger partial charge in [-0.25, -0.2) is 8.42 Å². The van der Waals surface area contributed by atoms with Crippen molar-refractivity contribution in [1.29, 1.82) is 0 Å². The van der Waals surface area contributed by atoms with Gasteiger partial charge in [0, 0.05) is 34.0 Å². The minimum atomic E-state index is -4.25. The third-order valence-corrected chi connectivity index (χ3v) is 9.67. The molecule has 0 fully saturated rings. The molecule has 1 atom stereocenters. The van der Waals surface area contributed by atoms with Crippen LogP contribution in [0.3, 0.4) is 0 Å². The first-order valence-electron chi connectivity index (χ1n) is 14.0. The monoisotopic (exact) mass is 715 g/mol. The van der Waals surface area contributed by atoms with E-state index < -0.39 is 28.5 Å². The summed E-state index contributed by atoms with van der Waals surface area (Å²) in [7, 11) is -4.25. The van der Waals surface area contributed by atoms with E-state index in [9.17, 15) is 18.0 Å². The summed E-state index contributed by atoms with van der Waals surface area (Å²) < 4.78 is 29.9. The average molecular weight is 718 g/mol. The van der Waals surface area contributed by atoms with Crippen LogP contribution in [0.4, 0.5) is 5.69 Å². The molecule has 0 spiro atoms. The molecule has 4 aromatic rings. The quantitative estimate of drug-likeness (QED) is 0.160. The van der Waals surface area contributed by atoms with Gasteiger partial charge >= 0.3 is 0 Å². The summed E-state index contributed by atoms with van der Waals surface area (Å²) in [5, 5.41) is 3.61. The maximum Gasteiger partial charge on any atom is 0.264 e. The van der Waals surface area contributed by atoms with Gasteiger partial charge in [0.15, 0.2) is 0 Å². The lowest BCUT2D eigenvalue weighted by Crippen LogP contribution is -2.53. The molecular weight excluding hydrogens is 685 g/mol. The fraction of sp³-hybridized carbons (Fsp3) is 0.212. The lowest BCUT2D eigenvalue weighted by atomic mass is 10.0. The van der Waals surface area contributed by atoms with Crippen LogP contribution in [0.1, 0.15) is 24.5 Å². The predicted molar refractivity (Wildman–Crippen MR) is 179 cm³/mol. The van der Waals surface area contributed by atoms with Crippen molar-refractivity contribution in [3.8, 4) is 0 Å². The second-order valence-electron chi connectivity index (χ2n) is 10.1. The van der Waals surface area contributed by atoms with Crippen molar-refractivity contribution in [2.24, 2.45) is 0 Å². The maximum absolute atomic E-state index is 14.4. The van der Waals surface area contributed by atoms with Gasteiger partial charge in [0.25, 0.3) is 10.0 Å². The number of rotatable bonds is 13. The second-order valence-corrected chi connectivity index (χ2v) is 13.7. The lowest BCUT2D eigenvalue weighted by Gasteiger charge is -2.34. The summed E-state index contributed by atoms with van der Waals surface area (Å²) in [5.74, 6) is -0.881. The highest BCUT2D eigenvalue weighted by Crippen LogP contribution is 2.28. The summed E-state index contributed by atoms with van der Waals surface area (Å²) in [4.78, 5) is 29.5. The molecule has 4 rings (SSSR count). The molecule has 7 nitrogen and oxygen atoms in total. The number of benzene rings is 4. The Bertz CT molecular complexity index is 1670. The molecule has 11 heteroatoms. The van der Waals surface area contributed by atoms with Gasteiger partial charge in [-0.1, -0.05) is 94.6 Å². The van der Waals surface area contributed by atoms with Crippen LogP contribution in [0.25, 0.3) is 0 Å². The van der Waals surface area contributed by atoms with Gasteiger partial charge in [0.2, 0.25) is 11.8 Å². The first-order valence-corrected chi connectivity index (χ1v) is 17.0. The van der Waals surface area contributed by atoms with E-state index in [1.54, 1.807) is 18.2 Å². The van der Waals surface area contributed by atoms with Gasteiger partial charge in [0.1, 0.15) is 12.6 Å². The number of nitrogens with zero attached hydrogens (tertiary/aromatic N) is 2. The Kier molecular flexibility index (Phi) is 11.9. The molecule has 44 heavy (non-hydrogen) atoms. The first-order chi connectivity index (χ1) is 21.1. The molecule has 0 unspecified atom stereocenters. The van der Waals surface area contributed by atoms with Crippen LogP contribution in [0.15, 0.2) is 112 Å². The van der Waals surface area contributed by atoms with E-state index in [1.807, 2.05) is 61.5 Å². The van der Waals surface area contributed by atoms with Crippen LogP contribution >= 0.6 is 39.1 Å². The SMILES string of the molecule is CCCNC(=O)[C@H](Cc1ccccc1)N(Cc1ccc(Br)cc1)C(=O)CN(c1cccc(Cl)c1)S(=O)(=O)c1ccc(Cl)cc1. The molecule has 0 heterocycles. The van der Waals surface area contributed by atoms with Gasteiger partial charge in [-0.2, -0.15) is 0 Å². The molecule has 0 radical (unpaired) electrons. The summed E-state index contributed by atoms with van der Waals surface area (Å²) in [6.07, 6.45) is 0.950. The molecule has 0 saturated carbocycles. The Morgan fingerprint density at radius 3 is 2.16 bits per heavy atom. The second kappa shape index (κ2) is 15.6. The molecule has 4 aromatic carbocycles. The van der Waals surface area contributed by atoms with E-state index in [4.69, 9.17) is 23.2 Å². The molecule has 0 aliphatic carbocycles. The van der Waals surface area contributed by atoms with Crippen LogP contribution in [0.5, 0.6) is 0 Å². The Morgan fingerprint density at radius 2 is 1.52 bits per heavy atom. The molecule has 0 aliphatic rings. The van der Waals surface area contributed by atoms with E-state index >= 15 is 0 Å². The number of hydrogen-bond acceptors (Lipinski definition) is 4.